The highest BCUT2D eigenvalue weighted by Gasteiger charge is 2.13. The average Bonchev–Trinajstić information content (AvgIpc) is 2.87. The highest BCUT2D eigenvalue weighted by Crippen LogP contribution is 2.39. The molecule has 0 unspecified atom stereocenters. The summed E-state index contributed by atoms with van der Waals surface area (Å²) >= 11 is 6.37. The number of carbonyl (C=O) groups is 1. The predicted molar refractivity (Wildman–Crippen MR) is 141 cm³/mol. The Balaban J connectivity index is 1.90. The highest BCUT2D eigenvalue weighted by atomic mass is 35.5. The molecule has 0 radical (unpaired) electrons. The third kappa shape index (κ3) is 6.28. The van der Waals surface area contributed by atoms with E-state index in [1.807, 2.05) is 24.3 Å². The standard InChI is InChI=1S/C27H27ClN2O5/c1-32-24-16-22(30-12-11-23(31)18-7-9-20(29)10-8-18)19(15-21(24)28)6-5-17-13-25(33-2)27(35-4)26(14-17)34-3/h5-16,30H,29H2,1-4H3/b6-5-,12-11-. The molecule has 0 saturated heterocycles. The number of carbonyl (C=O) groups excluding carboxylic acids is 1. The van der Waals surface area contributed by atoms with Crippen LogP contribution in [0.15, 0.2) is 60.8 Å². The molecule has 8 heteroatoms. The van der Waals surface area contributed by atoms with Crippen LogP contribution in [0.25, 0.3) is 12.2 Å². The molecular formula is C27H27ClN2O5. The Bertz CT molecular complexity index is 1230. The number of ketones is 1. The second-order valence-corrected chi connectivity index (χ2v) is 7.74. The topological polar surface area (TPSA) is 92.0 Å². The van der Waals surface area contributed by atoms with Gasteiger partial charge in [-0.3, -0.25) is 4.79 Å². The van der Waals surface area contributed by atoms with Gasteiger partial charge < -0.3 is 30.0 Å². The van der Waals surface area contributed by atoms with Crippen molar-refractivity contribution < 1.29 is 23.7 Å². The van der Waals surface area contributed by atoms with E-state index in [-0.39, 0.29) is 5.78 Å². The summed E-state index contributed by atoms with van der Waals surface area (Å²) in [5.74, 6) is 1.94. The van der Waals surface area contributed by atoms with Crippen LogP contribution in [0.2, 0.25) is 5.02 Å². The van der Waals surface area contributed by atoms with E-state index >= 15 is 0 Å². The van der Waals surface area contributed by atoms with Gasteiger partial charge in [-0.25, -0.2) is 0 Å². The molecule has 35 heavy (non-hydrogen) atoms. The molecule has 0 aliphatic heterocycles. The minimum Gasteiger partial charge on any atom is -0.495 e. The third-order valence-corrected chi connectivity index (χ3v) is 5.43. The Morgan fingerprint density at radius 2 is 1.49 bits per heavy atom. The second-order valence-electron chi connectivity index (χ2n) is 7.33. The lowest BCUT2D eigenvalue weighted by Crippen LogP contribution is -1.98. The van der Waals surface area contributed by atoms with Crippen LogP contribution in [0.1, 0.15) is 21.5 Å². The van der Waals surface area contributed by atoms with Crippen LogP contribution >= 0.6 is 11.6 Å². The number of halogens is 1. The van der Waals surface area contributed by atoms with Crippen molar-refractivity contribution in [3.63, 3.8) is 0 Å². The van der Waals surface area contributed by atoms with E-state index in [2.05, 4.69) is 5.32 Å². The molecule has 3 aromatic rings. The summed E-state index contributed by atoms with van der Waals surface area (Å²) in [6.45, 7) is 0. The lowest BCUT2D eigenvalue weighted by atomic mass is 10.1. The van der Waals surface area contributed by atoms with E-state index in [4.69, 9.17) is 36.3 Å². The Morgan fingerprint density at radius 3 is 2.06 bits per heavy atom. The van der Waals surface area contributed by atoms with Crippen molar-refractivity contribution in [3.05, 3.63) is 82.5 Å². The number of hydrogen-bond acceptors (Lipinski definition) is 7. The lowest BCUT2D eigenvalue weighted by Gasteiger charge is -2.13. The van der Waals surface area contributed by atoms with Crippen molar-refractivity contribution in [1.82, 2.24) is 0 Å². The number of anilines is 2. The summed E-state index contributed by atoms with van der Waals surface area (Å²) in [7, 11) is 6.22. The fourth-order valence-electron chi connectivity index (χ4n) is 3.32. The quantitative estimate of drug-likeness (QED) is 0.156. The molecule has 0 amide bonds. The van der Waals surface area contributed by atoms with Gasteiger partial charge in [-0.15, -0.1) is 0 Å². The first-order valence-electron chi connectivity index (χ1n) is 10.6. The number of rotatable bonds is 10. The van der Waals surface area contributed by atoms with Crippen LogP contribution in [0.4, 0.5) is 11.4 Å². The number of nitrogens with two attached hydrogens (primary N) is 1. The number of methoxy groups -OCH3 is 4. The molecule has 182 valence electrons. The van der Waals surface area contributed by atoms with Gasteiger partial charge in [-0.05, 0) is 53.6 Å². The first-order valence-corrected chi connectivity index (χ1v) is 11.0. The molecule has 3 aromatic carbocycles. The van der Waals surface area contributed by atoms with Gasteiger partial charge in [-0.2, -0.15) is 0 Å². The molecule has 0 fully saturated rings. The van der Waals surface area contributed by atoms with Crippen molar-refractivity contribution in [1.29, 1.82) is 0 Å². The lowest BCUT2D eigenvalue weighted by molar-refractivity contribution is 0.104. The van der Waals surface area contributed by atoms with Crippen LogP contribution in [0, 0.1) is 0 Å². The summed E-state index contributed by atoms with van der Waals surface area (Å²) in [6.07, 6.45) is 6.78. The van der Waals surface area contributed by atoms with Crippen LogP contribution in [0.5, 0.6) is 23.0 Å². The number of ether oxygens (including phenoxy) is 4. The zero-order valence-corrected chi connectivity index (χ0v) is 20.7. The molecule has 0 heterocycles. The van der Waals surface area contributed by atoms with E-state index in [9.17, 15) is 4.79 Å². The van der Waals surface area contributed by atoms with E-state index < -0.39 is 0 Å². The first kappa shape index (κ1) is 25.5. The second kappa shape index (κ2) is 11.9. The fraction of sp³-hybridized carbons (Fsp3) is 0.148. The average molecular weight is 495 g/mol. The maximum atomic E-state index is 12.4. The molecule has 0 aromatic heterocycles. The zero-order chi connectivity index (χ0) is 25.4. The molecule has 7 nitrogen and oxygen atoms in total. The predicted octanol–water partition coefficient (Wildman–Crippen LogP) is 5.94. The van der Waals surface area contributed by atoms with E-state index in [1.54, 1.807) is 63.9 Å². The van der Waals surface area contributed by atoms with Crippen molar-refractivity contribution in [2.45, 2.75) is 0 Å². The van der Waals surface area contributed by atoms with E-state index in [0.717, 1.165) is 11.1 Å². The van der Waals surface area contributed by atoms with Crippen LogP contribution in [0.3, 0.4) is 0 Å². The van der Waals surface area contributed by atoms with E-state index in [0.29, 0.717) is 45.0 Å². The summed E-state index contributed by atoms with van der Waals surface area (Å²) < 4.78 is 21.6. The summed E-state index contributed by atoms with van der Waals surface area (Å²) in [5, 5.41) is 3.59. The Hall–Kier alpha value is -4.10. The van der Waals surface area contributed by atoms with Crippen LogP contribution in [-0.2, 0) is 0 Å². The van der Waals surface area contributed by atoms with Crippen molar-refractivity contribution in [3.8, 4) is 23.0 Å². The molecule has 3 rings (SSSR count). The molecule has 0 atom stereocenters. The molecule has 3 N–H and O–H groups in total. The Morgan fingerprint density at radius 1 is 0.857 bits per heavy atom. The maximum absolute atomic E-state index is 12.4. The minimum atomic E-state index is -0.159. The number of nitrogen functional groups attached to an aromatic ring is 1. The molecule has 0 saturated carbocycles. The van der Waals surface area contributed by atoms with Crippen molar-refractivity contribution >= 4 is 40.9 Å². The zero-order valence-electron chi connectivity index (χ0n) is 19.9. The van der Waals surface area contributed by atoms with Gasteiger partial charge in [-0.1, -0.05) is 23.8 Å². The van der Waals surface area contributed by atoms with Gasteiger partial charge in [0.05, 0.1) is 33.5 Å². The minimum absolute atomic E-state index is 0.159. The third-order valence-electron chi connectivity index (χ3n) is 5.14. The van der Waals surface area contributed by atoms with Gasteiger partial charge in [0, 0.05) is 35.3 Å². The molecule has 0 aliphatic carbocycles. The van der Waals surface area contributed by atoms with Gasteiger partial charge in [0.1, 0.15) is 5.75 Å². The molecule has 0 aliphatic rings. The van der Waals surface area contributed by atoms with Crippen molar-refractivity contribution in [2.75, 3.05) is 39.5 Å². The Kier molecular flexibility index (Phi) is 8.64. The summed E-state index contributed by atoms with van der Waals surface area (Å²) in [6, 6.07) is 13.9. The number of benzene rings is 3. The van der Waals surface area contributed by atoms with Gasteiger partial charge in [0.2, 0.25) is 5.75 Å². The maximum Gasteiger partial charge on any atom is 0.203 e. The number of hydrogen-bond donors (Lipinski definition) is 2. The monoisotopic (exact) mass is 494 g/mol. The molecular weight excluding hydrogens is 468 g/mol. The molecule has 0 spiro atoms. The fourth-order valence-corrected chi connectivity index (χ4v) is 3.57. The Labute approximate surface area is 209 Å². The van der Waals surface area contributed by atoms with E-state index in [1.165, 1.54) is 13.2 Å². The summed E-state index contributed by atoms with van der Waals surface area (Å²) in [4.78, 5) is 12.4. The van der Waals surface area contributed by atoms with Crippen LogP contribution in [-0.4, -0.2) is 34.2 Å². The smallest absolute Gasteiger partial charge is 0.203 e. The summed E-state index contributed by atoms with van der Waals surface area (Å²) in [5.41, 5.74) is 9.11. The number of allylic oxidation sites excluding steroid dienone is 1. The van der Waals surface area contributed by atoms with Gasteiger partial charge in [0.25, 0.3) is 0 Å². The number of nitrogens with one attached hydrogen (secondary N) is 1. The van der Waals surface area contributed by atoms with Gasteiger partial charge in [0.15, 0.2) is 17.3 Å². The first-order chi connectivity index (χ1) is 16.9. The normalized spacial score (nSPS) is 11.0. The van der Waals surface area contributed by atoms with Crippen molar-refractivity contribution in [2.24, 2.45) is 0 Å². The SMILES string of the molecule is COc1cc(N/C=C\C(=O)c2ccc(N)cc2)c(/C=C\c2cc(OC)c(OC)c(OC)c2)cc1Cl. The van der Waals surface area contributed by atoms with Gasteiger partial charge >= 0.3 is 0 Å². The molecule has 0 bridgehead atoms. The van der Waals surface area contributed by atoms with Crippen LogP contribution < -0.4 is 30.0 Å². The highest BCUT2D eigenvalue weighted by molar-refractivity contribution is 6.32. The largest absolute Gasteiger partial charge is 0.495 e.